The van der Waals surface area contributed by atoms with E-state index in [-0.39, 0.29) is 11.7 Å². The lowest BCUT2D eigenvalue weighted by Gasteiger charge is -2.27. The van der Waals surface area contributed by atoms with E-state index in [0.29, 0.717) is 12.1 Å². The van der Waals surface area contributed by atoms with Gasteiger partial charge in [-0.05, 0) is 43.6 Å². The molecule has 26 heavy (non-hydrogen) atoms. The van der Waals surface area contributed by atoms with Crippen LogP contribution >= 0.6 is 0 Å². The zero-order valence-electron chi connectivity index (χ0n) is 14.8. The Balaban J connectivity index is 1.71. The number of hydrogen-bond donors (Lipinski definition) is 1. The van der Waals surface area contributed by atoms with Crippen LogP contribution < -0.4 is 4.90 Å². The second-order valence-electron chi connectivity index (χ2n) is 7.02. The normalized spacial score (nSPS) is 21.5. The maximum absolute atomic E-state index is 13.3. The van der Waals surface area contributed by atoms with Crippen LogP contribution in [0, 0.1) is 0 Å². The molecule has 134 valence electrons. The summed E-state index contributed by atoms with van der Waals surface area (Å²) in [5.74, 6) is 0.101. The van der Waals surface area contributed by atoms with Crippen LogP contribution in [0.1, 0.15) is 30.9 Å². The van der Waals surface area contributed by atoms with E-state index in [9.17, 15) is 9.90 Å². The molecule has 0 bridgehead atoms. The van der Waals surface area contributed by atoms with Gasteiger partial charge < -0.3 is 5.11 Å². The van der Waals surface area contributed by atoms with E-state index in [4.69, 9.17) is 0 Å². The molecule has 0 radical (unpaired) electrons. The third kappa shape index (κ3) is 3.13. The first-order valence-corrected chi connectivity index (χ1v) is 9.33. The van der Waals surface area contributed by atoms with E-state index >= 15 is 0 Å². The first kappa shape index (κ1) is 16.9. The van der Waals surface area contributed by atoms with Gasteiger partial charge in [0.25, 0.3) is 5.91 Å². The summed E-state index contributed by atoms with van der Waals surface area (Å²) in [4.78, 5) is 17.3. The van der Waals surface area contributed by atoms with Crippen molar-refractivity contribution < 1.29 is 9.90 Å². The molecule has 4 heteroatoms. The van der Waals surface area contributed by atoms with Gasteiger partial charge in [-0.2, -0.15) is 0 Å². The summed E-state index contributed by atoms with van der Waals surface area (Å²) >= 11 is 0. The van der Waals surface area contributed by atoms with Crippen molar-refractivity contribution in [1.82, 2.24) is 4.90 Å². The fraction of sp³-hybridized carbons (Fsp3) is 0.318. The largest absolute Gasteiger partial charge is 0.509 e. The number of amides is 1. The summed E-state index contributed by atoms with van der Waals surface area (Å²) in [7, 11) is 0. The smallest absolute Gasteiger partial charge is 0.259 e. The number of likely N-dealkylation sites (tertiary alicyclic amines) is 1. The van der Waals surface area contributed by atoms with Gasteiger partial charge in [-0.1, -0.05) is 55.0 Å². The van der Waals surface area contributed by atoms with Crippen LogP contribution in [0.2, 0.25) is 0 Å². The summed E-state index contributed by atoms with van der Waals surface area (Å²) in [6.45, 7) is 2.51. The molecule has 0 spiro atoms. The minimum atomic E-state index is -0.453. The maximum atomic E-state index is 13.3. The number of anilines is 1. The van der Waals surface area contributed by atoms with Crippen molar-refractivity contribution in [2.24, 2.45) is 0 Å². The number of rotatable bonds is 4. The second-order valence-corrected chi connectivity index (χ2v) is 7.02. The van der Waals surface area contributed by atoms with Crippen LogP contribution in [-0.4, -0.2) is 35.5 Å². The molecule has 0 saturated carbocycles. The Morgan fingerprint density at radius 1 is 0.885 bits per heavy atom. The van der Waals surface area contributed by atoms with Gasteiger partial charge in [-0.15, -0.1) is 0 Å². The van der Waals surface area contributed by atoms with E-state index in [0.717, 1.165) is 37.2 Å². The van der Waals surface area contributed by atoms with Gasteiger partial charge in [0.2, 0.25) is 0 Å². The van der Waals surface area contributed by atoms with Gasteiger partial charge in [-0.25, -0.2) is 0 Å². The van der Waals surface area contributed by atoms with Gasteiger partial charge in [0, 0.05) is 12.2 Å². The van der Waals surface area contributed by atoms with E-state index < -0.39 is 6.04 Å². The number of hydrogen-bond acceptors (Lipinski definition) is 3. The van der Waals surface area contributed by atoms with Crippen molar-refractivity contribution in [3.05, 3.63) is 77.6 Å². The van der Waals surface area contributed by atoms with Gasteiger partial charge in [0.15, 0.2) is 0 Å². The molecule has 1 saturated heterocycles. The number of carbonyl (C=O) groups is 1. The molecule has 1 N–H and O–H groups in total. The third-order valence-corrected chi connectivity index (χ3v) is 5.28. The molecule has 0 aliphatic carbocycles. The fourth-order valence-electron chi connectivity index (χ4n) is 3.95. The highest BCUT2D eigenvalue weighted by atomic mass is 16.3. The van der Waals surface area contributed by atoms with Crippen LogP contribution in [0.5, 0.6) is 0 Å². The van der Waals surface area contributed by atoms with Gasteiger partial charge in [0.1, 0.15) is 11.8 Å². The molecular weight excluding hydrogens is 324 g/mol. The Morgan fingerprint density at radius 2 is 1.50 bits per heavy atom. The molecule has 2 aliphatic rings. The third-order valence-electron chi connectivity index (χ3n) is 5.28. The number of piperidine rings is 1. The molecule has 1 atom stereocenters. The van der Waals surface area contributed by atoms with E-state index in [2.05, 4.69) is 4.90 Å². The molecule has 2 aromatic carbocycles. The molecule has 2 heterocycles. The minimum Gasteiger partial charge on any atom is -0.509 e. The number of benzene rings is 2. The van der Waals surface area contributed by atoms with Crippen LogP contribution in [0.15, 0.2) is 72.0 Å². The Kier molecular flexibility index (Phi) is 4.76. The Labute approximate surface area is 154 Å². The maximum Gasteiger partial charge on any atom is 0.259 e. The number of nitrogens with zero attached hydrogens (tertiary/aromatic N) is 2. The molecule has 0 aromatic heterocycles. The molecule has 2 aliphatic heterocycles. The van der Waals surface area contributed by atoms with E-state index in [1.807, 2.05) is 60.7 Å². The molecule has 4 rings (SSSR count). The second kappa shape index (κ2) is 7.34. The number of para-hydroxylation sites is 1. The molecule has 2 aromatic rings. The van der Waals surface area contributed by atoms with Crippen molar-refractivity contribution in [3.8, 4) is 0 Å². The quantitative estimate of drug-likeness (QED) is 0.906. The summed E-state index contributed by atoms with van der Waals surface area (Å²) in [6, 6.07) is 18.9. The van der Waals surface area contributed by atoms with Gasteiger partial charge >= 0.3 is 0 Å². The van der Waals surface area contributed by atoms with Crippen LogP contribution in [0.25, 0.3) is 0 Å². The predicted molar refractivity (Wildman–Crippen MR) is 103 cm³/mol. The van der Waals surface area contributed by atoms with E-state index in [1.54, 1.807) is 4.90 Å². The summed E-state index contributed by atoms with van der Waals surface area (Å²) in [6.07, 6.45) is 3.57. The molecule has 0 unspecified atom stereocenters. The summed E-state index contributed by atoms with van der Waals surface area (Å²) < 4.78 is 0. The number of aliphatic hydroxyl groups is 1. The Hall–Kier alpha value is -2.59. The average Bonchev–Trinajstić information content (AvgIpc) is 2.95. The van der Waals surface area contributed by atoms with Gasteiger partial charge in [0.05, 0.1) is 5.57 Å². The highest BCUT2D eigenvalue weighted by Gasteiger charge is 2.41. The minimum absolute atomic E-state index is 0.0897. The van der Waals surface area contributed by atoms with E-state index in [1.165, 1.54) is 6.42 Å². The first-order valence-electron chi connectivity index (χ1n) is 9.33. The lowest BCUT2D eigenvalue weighted by atomic mass is 10.0. The lowest BCUT2D eigenvalue weighted by molar-refractivity contribution is -0.115. The molecule has 4 nitrogen and oxygen atoms in total. The zero-order chi connectivity index (χ0) is 17.9. The molecule has 1 fully saturated rings. The van der Waals surface area contributed by atoms with Crippen LogP contribution in [-0.2, 0) is 4.79 Å². The lowest BCUT2D eigenvalue weighted by Crippen LogP contribution is -2.35. The Morgan fingerprint density at radius 3 is 2.15 bits per heavy atom. The molecule has 1 amide bonds. The monoisotopic (exact) mass is 348 g/mol. The highest BCUT2D eigenvalue weighted by Crippen LogP contribution is 2.40. The highest BCUT2D eigenvalue weighted by molar-refractivity contribution is 6.10. The van der Waals surface area contributed by atoms with Crippen molar-refractivity contribution in [2.75, 3.05) is 24.5 Å². The number of aliphatic hydroxyl groups excluding tert-OH is 1. The van der Waals surface area contributed by atoms with Crippen molar-refractivity contribution >= 4 is 11.6 Å². The van der Waals surface area contributed by atoms with Crippen molar-refractivity contribution in [1.29, 1.82) is 0 Å². The first-order chi connectivity index (χ1) is 12.8. The van der Waals surface area contributed by atoms with Gasteiger partial charge in [-0.3, -0.25) is 14.6 Å². The standard InChI is InChI=1S/C22H24N2O2/c25-21-19(16-23-14-8-3-9-15-23)22(26)24(18-12-6-2-7-13-18)20(21)17-10-4-1-5-11-17/h1-2,4-7,10-13,20,25H,3,8-9,14-16H2/t20-/m0/s1. The SMILES string of the molecule is O=C1C(CN2CCCCC2)=C(O)[C@H](c2ccccc2)N1c1ccccc1. The zero-order valence-corrected chi connectivity index (χ0v) is 14.8. The fourth-order valence-corrected chi connectivity index (χ4v) is 3.95. The van der Waals surface area contributed by atoms with Crippen LogP contribution in [0.3, 0.4) is 0 Å². The van der Waals surface area contributed by atoms with Crippen molar-refractivity contribution in [2.45, 2.75) is 25.3 Å². The molecular formula is C22H24N2O2. The predicted octanol–water partition coefficient (Wildman–Crippen LogP) is 4.07. The van der Waals surface area contributed by atoms with Crippen molar-refractivity contribution in [3.63, 3.8) is 0 Å². The number of carbonyl (C=O) groups excluding carboxylic acids is 1. The average molecular weight is 348 g/mol. The van der Waals surface area contributed by atoms with Crippen LogP contribution in [0.4, 0.5) is 5.69 Å². The topological polar surface area (TPSA) is 43.8 Å². The summed E-state index contributed by atoms with van der Waals surface area (Å²) in [5.41, 5.74) is 2.27. The summed E-state index contributed by atoms with van der Waals surface area (Å²) in [5, 5.41) is 11.0. The Bertz CT molecular complexity index is 795.